The van der Waals surface area contributed by atoms with Gasteiger partial charge in [0, 0.05) is 25.6 Å². The van der Waals surface area contributed by atoms with Crippen molar-refractivity contribution in [2.45, 2.75) is 25.3 Å². The summed E-state index contributed by atoms with van der Waals surface area (Å²) in [5, 5.41) is 6.23. The lowest BCUT2D eigenvalue weighted by atomic mass is 9.79. The van der Waals surface area contributed by atoms with Crippen LogP contribution in [-0.2, 0) is 4.79 Å². The van der Waals surface area contributed by atoms with E-state index in [0.717, 1.165) is 32.5 Å². The van der Waals surface area contributed by atoms with Crippen LogP contribution >= 0.6 is 0 Å². The normalized spacial score (nSPS) is 43.8. The molecule has 0 aliphatic carbocycles. The van der Waals surface area contributed by atoms with Crippen LogP contribution in [0.1, 0.15) is 19.8 Å². The smallest absolute Gasteiger partial charge is 0.252 e. The Labute approximate surface area is 95.3 Å². The van der Waals surface area contributed by atoms with E-state index in [0.29, 0.717) is 18.4 Å². The van der Waals surface area contributed by atoms with Crippen molar-refractivity contribution in [2.24, 2.45) is 10.9 Å². The van der Waals surface area contributed by atoms with Crippen LogP contribution < -0.4 is 10.6 Å². The highest BCUT2D eigenvalue weighted by molar-refractivity contribution is 6.09. The third-order valence-electron chi connectivity index (χ3n) is 4.09. The van der Waals surface area contributed by atoms with Gasteiger partial charge in [-0.3, -0.25) is 15.1 Å². The Morgan fingerprint density at radius 2 is 2.44 bits per heavy atom. The third-order valence-corrected chi connectivity index (χ3v) is 4.09. The van der Waals surface area contributed by atoms with E-state index in [1.165, 1.54) is 0 Å². The Morgan fingerprint density at radius 3 is 3.25 bits per heavy atom. The summed E-state index contributed by atoms with van der Waals surface area (Å²) < 4.78 is 0. The van der Waals surface area contributed by atoms with Gasteiger partial charge in [0.25, 0.3) is 5.91 Å². The van der Waals surface area contributed by atoms with Gasteiger partial charge in [-0.2, -0.15) is 0 Å². The second kappa shape index (κ2) is 3.45. The molecule has 5 nitrogen and oxygen atoms in total. The molecule has 0 radical (unpaired) electrons. The molecule has 1 spiro atoms. The Kier molecular flexibility index (Phi) is 2.17. The molecule has 3 unspecified atom stereocenters. The van der Waals surface area contributed by atoms with Crippen LogP contribution in [0, 0.1) is 5.92 Å². The molecule has 5 heteroatoms. The molecule has 88 valence electrons. The minimum atomic E-state index is -0.360. The average Bonchev–Trinajstić information content (AvgIpc) is 2.78. The second-order valence-electron chi connectivity index (χ2n) is 4.91. The number of aliphatic imine (C=N–C) groups is 1. The fourth-order valence-electron chi connectivity index (χ4n) is 3.20. The highest BCUT2D eigenvalue weighted by atomic mass is 16.2. The van der Waals surface area contributed by atoms with E-state index in [-0.39, 0.29) is 11.4 Å². The third kappa shape index (κ3) is 1.27. The first-order chi connectivity index (χ1) is 7.74. The number of carbonyl (C=O) groups is 1. The van der Waals surface area contributed by atoms with Gasteiger partial charge in [0.15, 0.2) is 5.96 Å². The van der Waals surface area contributed by atoms with Gasteiger partial charge in [-0.1, -0.05) is 0 Å². The maximum atomic E-state index is 12.2. The molecule has 3 fully saturated rings. The standard InChI is InChI=1S/C11H18N4O/c1-2-12-10-13-9(16)11(14-10)4-6-15-5-3-8(11)7-15/h8H,2-7H2,1H3,(H2,12,13,14,16). The van der Waals surface area contributed by atoms with E-state index in [1.807, 2.05) is 6.92 Å². The quantitative estimate of drug-likeness (QED) is 0.631. The molecule has 1 amide bonds. The Morgan fingerprint density at radius 1 is 1.56 bits per heavy atom. The van der Waals surface area contributed by atoms with Gasteiger partial charge in [-0.25, -0.2) is 0 Å². The summed E-state index contributed by atoms with van der Waals surface area (Å²) in [6.45, 7) is 5.90. The Balaban J connectivity index is 1.88. The monoisotopic (exact) mass is 222 g/mol. The first-order valence-electron chi connectivity index (χ1n) is 6.11. The zero-order chi connectivity index (χ0) is 11.2. The van der Waals surface area contributed by atoms with Gasteiger partial charge in [-0.15, -0.1) is 0 Å². The van der Waals surface area contributed by atoms with Crippen LogP contribution in [0.5, 0.6) is 0 Å². The molecule has 3 aliphatic rings. The summed E-state index contributed by atoms with van der Waals surface area (Å²) in [5.74, 6) is 1.25. The van der Waals surface area contributed by atoms with Gasteiger partial charge < -0.3 is 10.2 Å². The topological polar surface area (TPSA) is 56.7 Å². The molecule has 3 atom stereocenters. The number of hydrogen-bond donors (Lipinski definition) is 2. The van der Waals surface area contributed by atoms with Crippen molar-refractivity contribution in [2.75, 3.05) is 26.2 Å². The molecule has 0 aromatic rings. The van der Waals surface area contributed by atoms with Crippen molar-refractivity contribution in [3.63, 3.8) is 0 Å². The number of guanidine groups is 1. The predicted molar refractivity (Wildman–Crippen MR) is 61.1 cm³/mol. The summed E-state index contributed by atoms with van der Waals surface area (Å²) in [6, 6.07) is 0. The molecule has 3 rings (SSSR count). The molecule has 3 saturated heterocycles. The second-order valence-corrected chi connectivity index (χ2v) is 4.91. The van der Waals surface area contributed by atoms with Crippen molar-refractivity contribution in [3.05, 3.63) is 0 Å². The Hall–Kier alpha value is -1.10. The minimum absolute atomic E-state index is 0.131. The van der Waals surface area contributed by atoms with Crippen molar-refractivity contribution >= 4 is 11.9 Å². The lowest BCUT2D eigenvalue weighted by Crippen LogP contribution is -2.57. The fourth-order valence-corrected chi connectivity index (χ4v) is 3.20. The van der Waals surface area contributed by atoms with Crippen molar-refractivity contribution in [3.8, 4) is 0 Å². The Bertz CT molecular complexity index is 354. The molecular weight excluding hydrogens is 204 g/mol. The maximum Gasteiger partial charge on any atom is 0.252 e. The zero-order valence-electron chi connectivity index (χ0n) is 9.62. The summed E-state index contributed by atoms with van der Waals surface area (Å²) in [5.41, 5.74) is -0.360. The van der Waals surface area contributed by atoms with Crippen LogP contribution in [-0.4, -0.2) is 48.5 Å². The molecule has 16 heavy (non-hydrogen) atoms. The van der Waals surface area contributed by atoms with Gasteiger partial charge in [0.1, 0.15) is 5.54 Å². The first-order valence-corrected chi connectivity index (χ1v) is 6.11. The number of hydrogen-bond acceptors (Lipinski definition) is 3. The van der Waals surface area contributed by atoms with Crippen LogP contribution in [0.3, 0.4) is 0 Å². The van der Waals surface area contributed by atoms with Gasteiger partial charge in [0.05, 0.1) is 0 Å². The van der Waals surface area contributed by atoms with E-state index >= 15 is 0 Å². The summed E-state index contributed by atoms with van der Waals surface area (Å²) in [4.78, 5) is 18.9. The lowest BCUT2D eigenvalue weighted by Gasteiger charge is -2.37. The minimum Gasteiger partial charge on any atom is -0.341 e. The van der Waals surface area contributed by atoms with Crippen LogP contribution in [0.4, 0.5) is 0 Å². The van der Waals surface area contributed by atoms with E-state index in [2.05, 4.69) is 20.5 Å². The summed E-state index contributed by atoms with van der Waals surface area (Å²) in [7, 11) is 0. The molecule has 2 N–H and O–H groups in total. The number of fused-ring (bicyclic) bond motifs is 3. The summed E-state index contributed by atoms with van der Waals surface area (Å²) >= 11 is 0. The largest absolute Gasteiger partial charge is 0.341 e. The zero-order valence-corrected chi connectivity index (χ0v) is 9.62. The van der Waals surface area contributed by atoms with Crippen molar-refractivity contribution in [1.29, 1.82) is 0 Å². The number of rotatable bonds is 1. The van der Waals surface area contributed by atoms with Gasteiger partial charge >= 0.3 is 0 Å². The first kappa shape index (κ1) is 10.1. The van der Waals surface area contributed by atoms with Crippen LogP contribution in [0.15, 0.2) is 4.99 Å². The number of carbonyl (C=O) groups excluding carboxylic acids is 1. The molecule has 2 bridgehead atoms. The van der Waals surface area contributed by atoms with E-state index < -0.39 is 0 Å². The molecule has 0 aromatic heterocycles. The predicted octanol–water partition coefficient (Wildman–Crippen LogP) is -0.454. The molecule has 0 aromatic carbocycles. The maximum absolute atomic E-state index is 12.2. The number of nitrogens with zero attached hydrogens (tertiary/aromatic N) is 2. The van der Waals surface area contributed by atoms with Gasteiger partial charge in [-0.05, 0) is 26.3 Å². The van der Waals surface area contributed by atoms with Crippen molar-refractivity contribution in [1.82, 2.24) is 15.5 Å². The molecule has 3 heterocycles. The number of nitrogens with one attached hydrogen (secondary N) is 2. The molecular formula is C11H18N4O. The van der Waals surface area contributed by atoms with Crippen molar-refractivity contribution < 1.29 is 4.79 Å². The molecule has 0 saturated carbocycles. The van der Waals surface area contributed by atoms with Crippen LogP contribution in [0.2, 0.25) is 0 Å². The fraction of sp³-hybridized carbons (Fsp3) is 0.818. The van der Waals surface area contributed by atoms with Gasteiger partial charge in [0.2, 0.25) is 0 Å². The number of amides is 1. The number of piperidine rings is 1. The average molecular weight is 222 g/mol. The SMILES string of the molecule is CCN=C1NC(=O)C2(CCN3CCC2C3)N1. The summed E-state index contributed by atoms with van der Waals surface area (Å²) in [6.07, 6.45) is 2.03. The highest BCUT2D eigenvalue weighted by Crippen LogP contribution is 2.37. The van der Waals surface area contributed by atoms with E-state index in [4.69, 9.17) is 0 Å². The van der Waals surface area contributed by atoms with E-state index in [1.54, 1.807) is 0 Å². The van der Waals surface area contributed by atoms with E-state index in [9.17, 15) is 4.79 Å². The lowest BCUT2D eigenvalue weighted by molar-refractivity contribution is -0.126. The highest BCUT2D eigenvalue weighted by Gasteiger charge is 2.55. The van der Waals surface area contributed by atoms with Crippen LogP contribution in [0.25, 0.3) is 0 Å². The molecule has 3 aliphatic heterocycles.